The van der Waals surface area contributed by atoms with Crippen LogP contribution >= 0.6 is 0 Å². The Morgan fingerprint density at radius 2 is 1.97 bits per heavy atom. The summed E-state index contributed by atoms with van der Waals surface area (Å²) in [6.07, 6.45) is 12.6. The lowest BCUT2D eigenvalue weighted by molar-refractivity contribution is -0.137. The molecule has 156 valence electrons. The van der Waals surface area contributed by atoms with Crippen molar-refractivity contribution in [1.82, 2.24) is 15.3 Å². The molecule has 1 aromatic carbocycles. The van der Waals surface area contributed by atoms with Gasteiger partial charge in [-0.25, -0.2) is 9.78 Å². The molecule has 6 nitrogen and oxygen atoms in total. The number of H-pyrrole nitrogens is 1. The molecule has 0 saturated carbocycles. The van der Waals surface area contributed by atoms with Gasteiger partial charge in [0.25, 0.3) is 0 Å². The van der Waals surface area contributed by atoms with E-state index in [1.807, 2.05) is 6.07 Å². The topological polar surface area (TPSA) is 84.1 Å². The predicted molar refractivity (Wildman–Crippen MR) is 113 cm³/mol. The van der Waals surface area contributed by atoms with Gasteiger partial charge >= 0.3 is 5.97 Å². The van der Waals surface area contributed by atoms with E-state index in [2.05, 4.69) is 39.6 Å². The van der Waals surface area contributed by atoms with E-state index in [0.717, 1.165) is 37.8 Å². The van der Waals surface area contributed by atoms with Crippen molar-refractivity contribution in [2.45, 2.75) is 57.9 Å². The van der Waals surface area contributed by atoms with Gasteiger partial charge in [0.15, 0.2) is 0 Å². The molecule has 0 aliphatic heterocycles. The number of nitrogens with one attached hydrogen (secondary N) is 2. The number of esters is 1. The van der Waals surface area contributed by atoms with Crippen molar-refractivity contribution >= 4 is 11.9 Å². The number of aromatic nitrogens is 2. The maximum absolute atomic E-state index is 12.3. The summed E-state index contributed by atoms with van der Waals surface area (Å²) < 4.78 is 4.91. The number of carbonyl (C=O) groups excluding carboxylic acids is 2. The Hall–Kier alpha value is -2.89. The SMILES string of the molecule is CCOC(=O)/C=C/[C@@H](Cc1cnc[nH]1)NC(=O)CCCCCCc1ccccc1. The maximum Gasteiger partial charge on any atom is 0.330 e. The van der Waals surface area contributed by atoms with E-state index < -0.39 is 5.97 Å². The van der Waals surface area contributed by atoms with Crippen molar-refractivity contribution in [3.8, 4) is 0 Å². The van der Waals surface area contributed by atoms with E-state index in [1.165, 1.54) is 11.6 Å². The Labute approximate surface area is 172 Å². The summed E-state index contributed by atoms with van der Waals surface area (Å²) in [6.45, 7) is 2.08. The fourth-order valence-electron chi connectivity index (χ4n) is 3.08. The van der Waals surface area contributed by atoms with Crippen LogP contribution in [0.4, 0.5) is 0 Å². The van der Waals surface area contributed by atoms with Gasteiger partial charge in [-0.15, -0.1) is 0 Å². The summed E-state index contributed by atoms with van der Waals surface area (Å²) in [5.41, 5.74) is 2.25. The summed E-state index contributed by atoms with van der Waals surface area (Å²) in [5.74, 6) is -0.416. The lowest BCUT2D eigenvalue weighted by Gasteiger charge is -2.14. The Bertz CT molecular complexity index is 742. The Kier molecular flexibility index (Phi) is 10.3. The summed E-state index contributed by atoms with van der Waals surface area (Å²) in [4.78, 5) is 30.9. The van der Waals surface area contributed by atoms with Crippen molar-refractivity contribution < 1.29 is 14.3 Å². The second-order valence-electron chi connectivity index (χ2n) is 6.97. The summed E-state index contributed by atoms with van der Waals surface area (Å²) in [7, 11) is 0. The first-order chi connectivity index (χ1) is 14.2. The van der Waals surface area contributed by atoms with Crippen molar-refractivity contribution in [2.24, 2.45) is 0 Å². The number of benzene rings is 1. The van der Waals surface area contributed by atoms with Crippen LogP contribution < -0.4 is 5.32 Å². The Balaban J connectivity index is 1.69. The molecule has 1 heterocycles. The molecule has 0 bridgehead atoms. The van der Waals surface area contributed by atoms with Gasteiger partial charge in [-0.05, 0) is 31.7 Å². The van der Waals surface area contributed by atoms with Crippen LogP contribution in [0.15, 0.2) is 55.0 Å². The van der Waals surface area contributed by atoms with Gasteiger partial charge in [-0.3, -0.25) is 4.79 Å². The van der Waals surface area contributed by atoms with Crippen LogP contribution in [0.3, 0.4) is 0 Å². The van der Waals surface area contributed by atoms with Crippen LogP contribution in [-0.2, 0) is 27.2 Å². The maximum atomic E-state index is 12.3. The zero-order valence-corrected chi connectivity index (χ0v) is 17.1. The van der Waals surface area contributed by atoms with Crippen molar-refractivity contribution in [3.63, 3.8) is 0 Å². The third-order valence-electron chi connectivity index (χ3n) is 4.55. The van der Waals surface area contributed by atoms with E-state index in [0.29, 0.717) is 19.4 Å². The third-order valence-corrected chi connectivity index (χ3v) is 4.55. The molecule has 29 heavy (non-hydrogen) atoms. The molecule has 0 radical (unpaired) electrons. The second-order valence-corrected chi connectivity index (χ2v) is 6.97. The minimum Gasteiger partial charge on any atom is -0.463 e. The quantitative estimate of drug-likeness (QED) is 0.306. The molecule has 0 fully saturated rings. The normalized spacial score (nSPS) is 12.0. The van der Waals surface area contributed by atoms with E-state index >= 15 is 0 Å². The number of ether oxygens (including phenoxy) is 1. The first kappa shape index (κ1) is 22.4. The minimum atomic E-state index is -0.408. The molecule has 1 atom stereocenters. The zero-order valence-electron chi connectivity index (χ0n) is 17.1. The number of carbonyl (C=O) groups is 2. The van der Waals surface area contributed by atoms with Crippen LogP contribution in [0.5, 0.6) is 0 Å². The summed E-state index contributed by atoms with van der Waals surface area (Å²) in [5, 5.41) is 2.99. The molecule has 6 heteroatoms. The number of imidazole rings is 1. The largest absolute Gasteiger partial charge is 0.463 e. The monoisotopic (exact) mass is 397 g/mol. The molecular weight excluding hydrogens is 366 g/mol. The van der Waals surface area contributed by atoms with E-state index in [-0.39, 0.29) is 11.9 Å². The van der Waals surface area contributed by atoms with E-state index in [9.17, 15) is 9.59 Å². The van der Waals surface area contributed by atoms with Crippen LogP contribution in [0.25, 0.3) is 0 Å². The highest BCUT2D eigenvalue weighted by atomic mass is 16.5. The number of aromatic amines is 1. The van der Waals surface area contributed by atoms with E-state index in [4.69, 9.17) is 4.74 Å². The molecule has 0 spiro atoms. The molecule has 0 saturated heterocycles. The minimum absolute atomic E-state index is 0.00826. The number of amides is 1. The number of nitrogens with zero attached hydrogens (tertiary/aromatic N) is 1. The zero-order chi connectivity index (χ0) is 20.7. The van der Waals surface area contributed by atoms with Crippen molar-refractivity contribution in [1.29, 1.82) is 0 Å². The molecule has 0 aliphatic carbocycles. The van der Waals surface area contributed by atoms with Gasteiger partial charge in [-0.2, -0.15) is 0 Å². The highest BCUT2D eigenvalue weighted by molar-refractivity contribution is 5.82. The Morgan fingerprint density at radius 3 is 2.69 bits per heavy atom. The highest BCUT2D eigenvalue weighted by Crippen LogP contribution is 2.09. The van der Waals surface area contributed by atoms with E-state index in [1.54, 1.807) is 25.5 Å². The molecule has 0 aliphatic rings. The highest BCUT2D eigenvalue weighted by Gasteiger charge is 2.12. The second kappa shape index (κ2) is 13.3. The number of hydrogen-bond donors (Lipinski definition) is 2. The lowest BCUT2D eigenvalue weighted by atomic mass is 10.1. The van der Waals surface area contributed by atoms with Gasteiger partial charge in [0.1, 0.15) is 0 Å². The van der Waals surface area contributed by atoms with Gasteiger partial charge in [0.2, 0.25) is 5.91 Å². The number of aryl methyl sites for hydroxylation is 1. The van der Waals surface area contributed by atoms with Crippen LogP contribution in [0.1, 0.15) is 50.3 Å². The molecule has 0 unspecified atom stereocenters. The average Bonchev–Trinajstić information content (AvgIpc) is 3.23. The summed E-state index contributed by atoms with van der Waals surface area (Å²) in [6, 6.07) is 10.2. The van der Waals surface area contributed by atoms with Crippen molar-refractivity contribution in [2.75, 3.05) is 6.61 Å². The Morgan fingerprint density at radius 1 is 1.17 bits per heavy atom. The standard InChI is InChI=1S/C23H31N3O3/c1-2-29-23(28)15-14-20(16-21-17-24-18-25-21)26-22(27)13-9-4-3-6-10-19-11-7-5-8-12-19/h5,7-8,11-12,14-15,17-18,20H,2-4,6,9-10,13,16H2,1H3,(H,24,25)(H,26,27)/b15-14+/t20-/m0/s1. The van der Waals surface area contributed by atoms with Gasteiger partial charge < -0.3 is 15.0 Å². The fraction of sp³-hybridized carbons (Fsp3) is 0.435. The molecule has 2 N–H and O–H groups in total. The van der Waals surface area contributed by atoms with Crippen LogP contribution in [-0.4, -0.2) is 34.5 Å². The summed E-state index contributed by atoms with van der Waals surface area (Å²) >= 11 is 0. The van der Waals surface area contributed by atoms with Crippen LogP contribution in [0.2, 0.25) is 0 Å². The molecule has 1 amide bonds. The van der Waals surface area contributed by atoms with Crippen LogP contribution in [0, 0.1) is 0 Å². The molecule has 2 aromatic rings. The smallest absolute Gasteiger partial charge is 0.330 e. The average molecular weight is 398 g/mol. The van der Waals surface area contributed by atoms with Crippen molar-refractivity contribution in [3.05, 3.63) is 66.3 Å². The molecular formula is C23H31N3O3. The van der Waals surface area contributed by atoms with Gasteiger partial charge in [0.05, 0.1) is 19.0 Å². The molecule has 2 rings (SSSR count). The first-order valence-electron chi connectivity index (χ1n) is 10.3. The number of rotatable bonds is 13. The molecule has 1 aromatic heterocycles. The third kappa shape index (κ3) is 9.74. The fourth-order valence-corrected chi connectivity index (χ4v) is 3.08. The van der Waals surface area contributed by atoms with Gasteiger partial charge in [0, 0.05) is 30.8 Å². The predicted octanol–water partition coefficient (Wildman–Crippen LogP) is 3.75. The first-order valence-corrected chi connectivity index (χ1v) is 10.3. The number of unbranched alkanes of at least 4 members (excludes halogenated alkanes) is 3. The number of hydrogen-bond acceptors (Lipinski definition) is 4. The van der Waals surface area contributed by atoms with Gasteiger partial charge in [-0.1, -0.05) is 49.2 Å². The lowest BCUT2D eigenvalue weighted by Crippen LogP contribution is -2.35.